The van der Waals surface area contributed by atoms with Gasteiger partial charge in [-0.3, -0.25) is 19.3 Å². The van der Waals surface area contributed by atoms with Crippen LogP contribution in [0.3, 0.4) is 0 Å². The summed E-state index contributed by atoms with van der Waals surface area (Å²) >= 11 is 0. The molecular formula is C16H20N2O5. The predicted octanol–water partition coefficient (Wildman–Crippen LogP) is -0.157. The van der Waals surface area contributed by atoms with Crippen molar-refractivity contribution in [2.45, 2.75) is 38.6 Å². The Labute approximate surface area is 134 Å². The SMILES string of the molecule is C#CCNC(=O)COC(=O)[C@H](C)N1C(=O)[C@@H]2CCCC[C@H]2C1=O. The van der Waals surface area contributed by atoms with E-state index in [4.69, 9.17) is 11.2 Å². The molecule has 23 heavy (non-hydrogen) atoms. The summed E-state index contributed by atoms with van der Waals surface area (Å²) in [6, 6.07) is -1.03. The summed E-state index contributed by atoms with van der Waals surface area (Å²) in [5.74, 6) is -0.322. The first-order chi connectivity index (χ1) is 11.0. The number of nitrogens with zero attached hydrogens (tertiary/aromatic N) is 1. The number of ether oxygens (including phenoxy) is 1. The van der Waals surface area contributed by atoms with Crippen LogP contribution < -0.4 is 5.32 Å². The van der Waals surface area contributed by atoms with Gasteiger partial charge in [-0.2, -0.15) is 0 Å². The average Bonchev–Trinajstić information content (AvgIpc) is 2.81. The first kappa shape index (κ1) is 17.0. The smallest absolute Gasteiger partial charge is 0.329 e. The van der Waals surface area contributed by atoms with Gasteiger partial charge in [0.15, 0.2) is 6.61 Å². The van der Waals surface area contributed by atoms with Crippen molar-refractivity contribution < 1.29 is 23.9 Å². The standard InChI is InChI=1S/C16H20N2O5/c1-3-8-17-13(19)9-23-16(22)10(2)18-14(20)11-6-4-5-7-12(11)15(18)21/h1,10-12H,4-9H2,2H3,(H,17,19)/t10-,11+,12+/m0/s1. The Balaban J connectivity index is 1.94. The third kappa shape index (κ3) is 3.52. The van der Waals surface area contributed by atoms with E-state index in [1.54, 1.807) is 0 Å². The Morgan fingerprint density at radius 3 is 2.39 bits per heavy atom. The Morgan fingerprint density at radius 2 is 1.87 bits per heavy atom. The van der Waals surface area contributed by atoms with E-state index in [1.807, 2.05) is 0 Å². The highest BCUT2D eigenvalue weighted by molar-refractivity contribution is 6.07. The van der Waals surface area contributed by atoms with Crippen molar-refractivity contribution in [3.8, 4) is 12.3 Å². The van der Waals surface area contributed by atoms with Gasteiger partial charge in [0.25, 0.3) is 5.91 Å². The van der Waals surface area contributed by atoms with Gasteiger partial charge in [-0.25, -0.2) is 4.79 Å². The minimum atomic E-state index is -1.03. The van der Waals surface area contributed by atoms with Crippen LogP contribution in [0.25, 0.3) is 0 Å². The Morgan fingerprint density at radius 1 is 1.30 bits per heavy atom. The number of terminal acetylenes is 1. The van der Waals surface area contributed by atoms with Crippen LogP contribution in [0.5, 0.6) is 0 Å². The van der Waals surface area contributed by atoms with Gasteiger partial charge < -0.3 is 10.1 Å². The van der Waals surface area contributed by atoms with Gasteiger partial charge in [0.05, 0.1) is 18.4 Å². The lowest BCUT2D eigenvalue weighted by molar-refractivity contribution is -0.159. The summed E-state index contributed by atoms with van der Waals surface area (Å²) in [4.78, 5) is 49.1. The number of carbonyl (C=O) groups excluding carboxylic acids is 4. The van der Waals surface area contributed by atoms with Gasteiger partial charge in [0, 0.05) is 0 Å². The summed E-state index contributed by atoms with van der Waals surface area (Å²) in [7, 11) is 0. The van der Waals surface area contributed by atoms with Crippen molar-refractivity contribution in [1.29, 1.82) is 0 Å². The topological polar surface area (TPSA) is 92.8 Å². The molecule has 1 aliphatic heterocycles. The molecule has 3 amide bonds. The zero-order valence-corrected chi connectivity index (χ0v) is 13.0. The van der Waals surface area contributed by atoms with Gasteiger partial charge in [-0.15, -0.1) is 6.42 Å². The average molecular weight is 320 g/mol. The number of likely N-dealkylation sites (tertiary alicyclic amines) is 1. The minimum absolute atomic E-state index is 0.0401. The highest BCUT2D eigenvalue weighted by Gasteiger charge is 2.51. The second-order valence-electron chi connectivity index (χ2n) is 5.81. The van der Waals surface area contributed by atoms with Crippen molar-refractivity contribution in [3.05, 3.63) is 0 Å². The first-order valence-electron chi connectivity index (χ1n) is 7.71. The maximum Gasteiger partial charge on any atom is 0.329 e. The number of esters is 1. The second kappa shape index (κ2) is 7.27. The molecule has 1 saturated carbocycles. The van der Waals surface area contributed by atoms with Crippen LogP contribution in [0.2, 0.25) is 0 Å². The lowest BCUT2D eigenvalue weighted by atomic mass is 9.81. The fourth-order valence-corrected chi connectivity index (χ4v) is 3.13. The number of rotatable bonds is 5. The van der Waals surface area contributed by atoms with Gasteiger partial charge in [-0.1, -0.05) is 18.8 Å². The van der Waals surface area contributed by atoms with E-state index in [9.17, 15) is 19.2 Å². The van der Waals surface area contributed by atoms with Crippen molar-refractivity contribution in [1.82, 2.24) is 10.2 Å². The van der Waals surface area contributed by atoms with E-state index in [-0.39, 0.29) is 30.2 Å². The Kier molecular flexibility index (Phi) is 5.37. The Hall–Kier alpha value is -2.36. The fraction of sp³-hybridized carbons (Fsp3) is 0.625. The van der Waals surface area contributed by atoms with Crippen LogP contribution in [0.4, 0.5) is 0 Å². The highest BCUT2D eigenvalue weighted by atomic mass is 16.5. The fourth-order valence-electron chi connectivity index (χ4n) is 3.13. The molecule has 2 fully saturated rings. The molecule has 2 rings (SSSR count). The number of nitrogens with one attached hydrogen (secondary N) is 1. The minimum Gasteiger partial charge on any atom is -0.454 e. The number of amides is 3. The third-order valence-corrected chi connectivity index (χ3v) is 4.34. The number of hydrogen-bond acceptors (Lipinski definition) is 5. The molecule has 1 heterocycles. The molecule has 2 aliphatic rings. The third-order valence-electron chi connectivity index (χ3n) is 4.34. The molecule has 1 N–H and O–H groups in total. The molecule has 0 aromatic heterocycles. The molecule has 0 aromatic rings. The molecule has 7 nitrogen and oxygen atoms in total. The highest BCUT2D eigenvalue weighted by Crippen LogP contribution is 2.38. The van der Waals surface area contributed by atoms with E-state index in [0.29, 0.717) is 12.8 Å². The van der Waals surface area contributed by atoms with Crippen molar-refractivity contribution in [2.75, 3.05) is 13.2 Å². The molecule has 1 saturated heterocycles. The molecular weight excluding hydrogens is 300 g/mol. The second-order valence-corrected chi connectivity index (χ2v) is 5.81. The van der Waals surface area contributed by atoms with Gasteiger partial charge >= 0.3 is 5.97 Å². The van der Waals surface area contributed by atoms with Crippen LogP contribution in [-0.4, -0.2) is 47.8 Å². The first-order valence-corrected chi connectivity index (χ1v) is 7.71. The number of carbonyl (C=O) groups is 4. The Bertz CT molecular complexity index is 541. The lowest BCUT2D eigenvalue weighted by Crippen LogP contribution is -2.45. The molecule has 124 valence electrons. The number of imide groups is 1. The molecule has 0 spiro atoms. The maximum absolute atomic E-state index is 12.4. The van der Waals surface area contributed by atoms with Crippen LogP contribution in [0.15, 0.2) is 0 Å². The van der Waals surface area contributed by atoms with Crippen LogP contribution >= 0.6 is 0 Å². The van der Waals surface area contributed by atoms with Crippen molar-refractivity contribution >= 4 is 23.7 Å². The van der Waals surface area contributed by atoms with E-state index in [1.165, 1.54) is 6.92 Å². The largest absolute Gasteiger partial charge is 0.454 e. The normalized spacial score (nSPS) is 24.6. The lowest BCUT2D eigenvalue weighted by Gasteiger charge is -2.21. The monoisotopic (exact) mass is 320 g/mol. The van der Waals surface area contributed by atoms with E-state index in [0.717, 1.165) is 17.7 Å². The summed E-state index contributed by atoms with van der Waals surface area (Å²) in [6.45, 7) is 0.987. The van der Waals surface area contributed by atoms with Crippen LogP contribution in [0.1, 0.15) is 32.6 Å². The predicted molar refractivity (Wildman–Crippen MR) is 79.6 cm³/mol. The quantitative estimate of drug-likeness (QED) is 0.432. The van der Waals surface area contributed by atoms with Gasteiger partial charge in [-0.05, 0) is 19.8 Å². The molecule has 0 unspecified atom stereocenters. The molecule has 1 aliphatic carbocycles. The van der Waals surface area contributed by atoms with E-state index >= 15 is 0 Å². The zero-order chi connectivity index (χ0) is 17.0. The number of hydrogen-bond donors (Lipinski definition) is 1. The van der Waals surface area contributed by atoms with Gasteiger partial charge in [0.2, 0.25) is 11.8 Å². The molecule has 7 heteroatoms. The van der Waals surface area contributed by atoms with Crippen LogP contribution in [0, 0.1) is 24.2 Å². The summed E-state index contributed by atoms with van der Waals surface area (Å²) in [5, 5.41) is 2.35. The summed E-state index contributed by atoms with van der Waals surface area (Å²) < 4.78 is 4.86. The summed E-state index contributed by atoms with van der Waals surface area (Å²) in [6.07, 6.45) is 8.20. The van der Waals surface area contributed by atoms with E-state index in [2.05, 4.69) is 11.2 Å². The zero-order valence-electron chi connectivity index (χ0n) is 13.0. The van der Waals surface area contributed by atoms with Gasteiger partial charge in [0.1, 0.15) is 6.04 Å². The molecule has 0 radical (unpaired) electrons. The van der Waals surface area contributed by atoms with E-state index < -0.39 is 24.5 Å². The van der Waals surface area contributed by atoms with Crippen molar-refractivity contribution in [2.24, 2.45) is 11.8 Å². The maximum atomic E-state index is 12.4. The molecule has 3 atom stereocenters. The molecule has 0 aromatic carbocycles. The summed E-state index contributed by atoms with van der Waals surface area (Å²) in [5.41, 5.74) is 0. The van der Waals surface area contributed by atoms with Crippen LogP contribution in [-0.2, 0) is 23.9 Å². The number of fused-ring (bicyclic) bond motifs is 1. The van der Waals surface area contributed by atoms with Crippen molar-refractivity contribution in [3.63, 3.8) is 0 Å². The molecule has 0 bridgehead atoms.